The van der Waals surface area contributed by atoms with Gasteiger partial charge in [0, 0.05) is 11.4 Å². The third-order valence-electron chi connectivity index (χ3n) is 5.05. The molecule has 3 N–H and O–H groups in total. The first kappa shape index (κ1) is 25.0. The first-order valence-corrected chi connectivity index (χ1v) is 11.0. The molecule has 0 saturated carbocycles. The molecule has 0 atom stereocenters. The molecule has 1 aliphatic rings. The molecule has 10 heteroatoms. The molecule has 1 aromatic heterocycles. The summed E-state index contributed by atoms with van der Waals surface area (Å²) in [6.45, 7) is 1.62. The van der Waals surface area contributed by atoms with Crippen LogP contribution in [0.4, 0.5) is 18.2 Å². The van der Waals surface area contributed by atoms with Crippen LogP contribution in [0.15, 0.2) is 60.7 Å². The SMILES string of the molecule is N#Cc1c(NC(=O)C(c2ccccc2)c2ccccc2)sc2c1CCNC2.O=C(O)C(F)(F)F. The minimum atomic E-state index is -5.08. The van der Waals surface area contributed by atoms with E-state index in [2.05, 4.69) is 16.7 Å². The molecule has 1 aliphatic heterocycles. The Balaban J connectivity index is 0.000000406. The lowest BCUT2D eigenvalue weighted by atomic mass is 9.90. The van der Waals surface area contributed by atoms with Crippen molar-refractivity contribution in [1.29, 1.82) is 5.26 Å². The zero-order chi connectivity index (χ0) is 24.7. The van der Waals surface area contributed by atoms with Crippen molar-refractivity contribution in [2.75, 3.05) is 11.9 Å². The maximum atomic E-state index is 13.3. The summed E-state index contributed by atoms with van der Waals surface area (Å²) >= 11 is 1.51. The quantitative estimate of drug-likeness (QED) is 0.497. The van der Waals surface area contributed by atoms with Gasteiger partial charge in [-0.1, -0.05) is 60.7 Å². The van der Waals surface area contributed by atoms with Gasteiger partial charge in [0.15, 0.2) is 0 Å². The Bertz CT molecular complexity index is 1150. The Labute approximate surface area is 197 Å². The molecule has 0 aliphatic carbocycles. The summed E-state index contributed by atoms with van der Waals surface area (Å²) in [4.78, 5) is 23.3. The number of thiophene rings is 1. The molecule has 2 aromatic carbocycles. The van der Waals surface area contributed by atoms with Gasteiger partial charge in [0.1, 0.15) is 11.1 Å². The smallest absolute Gasteiger partial charge is 0.475 e. The number of carboxylic acid groups (broad SMARTS) is 1. The van der Waals surface area contributed by atoms with Crippen molar-refractivity contribution in [1.82, 2.24) is 5.32 Å². The predicted molar refractivity (Wildman–Crippen MR) is 121 cm³/mol. The van der Waals surface area contributed by atoms with Gasteiger partial charge in [0.2, 0.25) is 5.91 Å². The average Bonchev–Trinajstić information content (AvgIpc) is 3.17. The van der Waals surface area contributed by atoms with E-state index in [9.17, 15) is 23.2 Å². The van der Waals surface area contributed by atoms with E-state index < -0.39 is 18.1 Å². The van der Waals surface area contributed by atoms with Crippen molar-refractivity contribution in [3.63, 3.8) is 0 Å². The monoisotopic (exact) mass is 487 g/mol. The molecule has 0 unspecified atom stereocenters. The van der Waals surface area contributed by atoms with Crippen LogP contribution in [-0.2, 0) is 22.6 Å². The largest absolute Gasteiger partial charge is 0.490 e. The lowest BCUT2D eigenvalue weighted by Gasteiger charge is -2.17. The number of carbonyl (C=O) groups is 2. The predicted octanol–water partition coefficient (Wildman–Crippen LogP) is 4.67. The van der Waals surface area contributed by atoms with Crippen LogP contribution < -0.4 is 10.6 Å². The summed E-state index contributed by atoms with van der Waals surface area (Å²) in [6, 6.07) is 21.8. The number of aliphatic carboxylic acids is 1. The Morgan fingerprint density at radius 3 is 2.06 bits per heavy atom. The third kappa shape index (κ3) is 6.01. The topological polar surface area (TPSA) is 102 Å². The maximum absolute atomic E-state index is 13.3. The first-order valence-electron chi connectivity index (χ1n) is 10.2. The average molecular weight is 488 g/mol. The molecule has 176 valence electrons. The van der Waals surface area contributed by atoms with E-state index in [0.717, 1.165) is 41.1 Å². The molecule has 2 heterocycles. The number of carboxylic acids is 1. The fourth-order valence-corrected chi connectivity index (χ4v) is 4.68. The first-order chi connectivity index (χ1) is 16.2. The molecule has 0 bridgehead atoms. The summed E-state index contributed by atoms with van der Waals surface area (Å²) in [5.74, 6) is -3.29. The molecule has 0 spiro atoms. The van der Waals surface area contributed by atoms with Crippen LogP contribution >= 0.6 is 11.3 Å². The van der Waals surface area contributed by atoms with E-state index in [1.165, 1.54) is 11.3 Å². The number of hydrogen-bond acceptors (Lipinski definition) is 5. The van der Waals surface area contributed by atoms with E-state index in [-0.39, 0.29) is 5.91 Å². The Morgan fingerprint density at radius 1 is 1.06 bits per heavy atom. The molecular formula is C24H20F3N3O3S. The number of nitriles is 1. The summed E-state index contributed by atoms with van der Waals surface area (Å²) in [6.07, 6.45) is -4.26. The molecule has 0 fully saturated rings. The van der Waals surface area contributed by atoms with Crippen molar-refractivity contribution in [3.05, 3.63) is 87.8 Å². The van der Waals surface area contributed by atoms with Crippen molar-refractivity contribution in [2.24, 2.45) is 0 Å². The maximum Gasteiger partial charge on any atom is 0.490 e. The van der Waals surface area contributed by atoms with E-state index in [1.807, 2.05) is 60.7 Å². The normalized spacial score (nSPS) is 12.7. The Kier molecular flexibility index (Phi) is 8.04. The second kappa shape index (κ2) is 11.0. The van der Waals surface area contributed by atoms with E-state index in [0.29, 0.717) is 10.6 Å². The molecule has 6 nitrogen and oxygen atoms in total. The number of fused-ring (bicyclic) bond motifs is 1. The van der Waals surface area contributed by atoms with Crippen LogP contribution in [0.25, 0.3) is 0 Å². The number of hydrogen-bond donors (Lipinski definition) is 3. The van der Waals surface area contributed by atoms with Gasteiger partial charge in [-0.15, -0.1) is 11.3 Å². The van der Waals surface area contributed by atoms with Gasteiger partial charge in [-0.3, -0.25) is 4.79 Å². The van der Waals surface area contributed by atoms with Crippen molar-refractivity contribution < 1.29 is 27.9 Å². The highest BCUT2D eigenvalue weighted by atomic mass is 32.1. The molecule has 1 amide bonds. The summed E-state index contributed by atoms with van der Waals surface area (Å²) in [7, 11) is 0. The Morgan fingerprint density at radius 2 is 1.59 bits per heavy atom. The standard InChI is InChI=1S/C22H19N3OS.C2HF3O2/c23-13-18-17-11-12-24-14-19(17)27-22(18)25-21(26)20(15-7-3-1-4-8-15)16-9-5-2-6-10-16;3-2(4,5)1(6)7/h1-10,20,24H,11-12,14H2,(H,25,26);(H,6,7). The van der Waals surface area contributed by atoms with Gasteiger partial charge >= 0.3 is 12.1 Å². The van der Waals surface area contributed by atoms with Crippen LogP contribution in [0, 0.1) is 11.3 Å². The number of amides is 1. The van der Waals surface area contributed by atoms with Gasteiger partial charge in [-0.25, -0.2) is 4.79 Å². The fourth-order valence-electron chi connectivity index (χ4n) is 3.51. The minimum absolute atomic E-state index is 0.115. The second-order valence-electron chi connectivity index (χ2n) is 7.29. The zero-order valence-corrected chi connectivity index (χ0v) is 18.5. The van der Waals surface area contributed by atoms with E-state index >= 15 is 0 Å². The third-order valence-corrected chi connectivity index (χ3v) is 6.19. The number of nitrogens with one attached hydrogen (secondary N) is 2. The molecule has 3 aromatic rings. The zero-order valence-electron chi connectivity index (χ0n) is 17.7. The molecule has 0 saturated heterocycles. The van der Waals surface area contributed by atoms with E-state index in [1.54, 1.807) is 0 Å². The lowest BCUT2D eigenvalue weighted by Crippen LogP contribution is -2.23. The van der Waals surface area contributed by atoms with Crippen molar-refractivity contribution >= 4 is 28.2 Å². The highest BCUT2D eigenvalue weighted by Gasteiger charge is 2.38. The van der Waals surface area contributed by atoms with Crippen LogP contribution in [0.1, 0.15) is 33.0 Å². The molecule has 0 radical (unpaired) electrons. The summed E-state index contributed by atoms with van der Waals surface area (Å²) in [5.41, 5.74) is 3.56. The number of benzene rings is 2. The number of anilines is 1. The van der Waals surface area contributed by atoms with Crippen LogP contribution in [0.2, 0.25) is 0 Å². The molecule has 4 rings (SSSR count). The fraction of sp³-hybridized carbons (Fsp3) is 0.208. The van der Waals surface area contributed by atoms with Crippen LogP contribution in [0.3, 0.4) is 0 Å². The summed E-state index contributed by atoms with van der Waals surface area (Å²) < 4.78 is 31.7. The number of rotatable bonds is 4. The number of alkyl halides is 3. The Hall–Kier alpha value is -3.68. The minimum Gasteiger partial charge on any atom is -0.475 e. The van der Waals surface area contributed by atoms with Crippen molar-refractivity contribution in [3.8, 4) is 6.07 Å². The summed E-state index contributed by atoms with van der Waals surface area (Å²) in [5, 5.41) is 23.8. The lowest BCUT2D eigenvalue weighted by molar-refractivity contribution is -0.192. The van der Waals surface area contributed by atoms with Crippen LogP contribution in [-0.4, -0.2) is 29.7 Å². The van der Waals surface area contributed by atoms with Gasteiger partial charge in [0.25, 0.3) is 0 Å². The van der Waals surface area contributed by atoms with Crippen molar-refractivity contribution in [2.45, 2.75) is 25.1 Å². The van der Waals surface area contributed by atoms with E-state index in [4.69, 9.17) is 9.90 Å². The van der Waals surface area contributed by atoms with Gasteiger partial charge in [-0.05, 0) is 29.7 Å². The highest BCUT2D eigenvalue weighted by molar-refractivity contribution is 7.16. The molecule has 34 heavy (non-hydrogen) atoms. The van der Waals surface area contributed by atoms with Gasteiger partial charge in [0.05, 0.1) is 11.5 Å². The number of nitrogens with zero attached hydrogens (tertiary/aromatic N) is 1. The second-order valence-corrected chi connectivity index (χ2v) is 8.40. The van der Waals surface area contributed by atoms with Gasteiger partial charge < -0.3 is 15.7 Å². The number of carbonyl (C=O) groups excluding carboxylic acids is 1. The van der Waals surface area contributed by atoms with Gasteiger partial charge in [-0.2, -0.15) is 18.4 Å². The highest BCUT2D eigenvalue weighted by Crippen LogP contribution is 2.36. The molecular weight excluding hydrogens is 467 g/mol. The number of halogens is 3. The van der Waals surface area contributed by atoms with Crippen LogP contribution in [0.5, 0.6) is 0 Å².